The number of rotatable bonds is 8. The number of fused-ring (bicyclic) bond motifs is 2. The number of nitrogens with zero attached hydrogens (tertiary/aromatic N) is 6. The number of nitriles is 2. The van der Waals surface area contributed by atoms with Crippen LogP contribution in [-0.4, -0.2) is 72.3 Å². The van der Waals surface area contributed by atoms with Crippen molar-refractivity contribution in [3.8, 4) is 29.0 Å². The van der Waals surface area contributed by atoms with E-state index in [2.05, 4.69) is 11.1 Å². The van der Waals surface area contributed by atoms with Crippen LogP contribution in [0.1, 0.15) is 31.2 Å². The fourth-order valence-corrected chi connectivity index (χ4v) is 9.21. The fourth-order valence-electron chi connectivity index (χ4n) is 7.92. The molecule has 260 valence electrons. The van der Waals surface area contributed by atoms with Crippen LogP contribution in [0.3, 0.4) is 0 Å². The van der Waals surface area contributed by atoms with Crippen molar-refractivity contribution in [2.45, 2.75) is 43.8 Å². The molecule has 0 spiro atoms. The second kappa shape index (κ2) is 12.2. The highest BCUT2D eigenvalue weighted by atomic mass is 35.5. The van der Waals surface area contributed by atoms with Gasteiger partial charge in [-0.15, -0.1) is 11.3 Å². The zero-order chi connectivity index (χ0) is 35.1. The highest BCUT2D eigenvalue weighted by Gasteiger charge is 2.50. The highest BCUT2D eigenvalue weighted by molar-refractivity contribution is 7.23. The van der Waals surface area contributed by atoms with E-state index in [9.17, 15) is 23.7 Å². The van der Waals surface area contributed by atoms with Crippen molar-refractivity contribution >= 4 is 43.8 Å². The quantitative estimate of drug-likeness (QED) is 0.306. The monoisotopic (exact) mass is 729 g/mol. The lowest BCUT2D eigenvalue weighted by atomic mass is 9.95. The Kier molecular flexibility index (Phi) is 8.01. The van der Waals surface area contributed by atoms with Gasteiger partial charge < -0.3 is 25.0 Å². The van der Waals surface area contributed by atoms with Crippen molar-refractivity contribution in [1.29, 1.82) is 10.5 Å². The normalized spacial score (nSPS) is 25.4. The molecule has 1 aliphatic carbocycles. The first-order valence-electron chi connectivity index (χ1n) is 16.1. The summed E-state index contributed by atoms with van der Waals surface area (Å²) in [5.41, 5.74) is 5.19. The van der Waals surface area contributed by atoms with Crippen LogP contribution >= 0.6 is 22.9 Å². The van der Waals surface area contributed by atoms with Crippen molar-refractivity contribution in [3.63, 3.8) is 0 Å². The van der Waals surface area contributed by atoms with Gasteiger partial charge in [-0.2, -0.15) is 10.5 Å². The minimum absolute atomic E-state index is 0.00111. The van der Waals surface area contributed by atoms with Gasteiger partial charge >= 0.3 is 5.95 Å². The van der Waals surface area contributed by atoms with E-state index in [0.29, 0.717) is 19.4 Å². The predicted octanol–water partition coefficient (Wildman–Crippen LogP) is 5.42. The maximum atomic E-state index is 17.3. The highest BCUT2D eigenvalue weighted by Crippen LogP contribution is 2.46. The molecule has 16 heteroatoms. The minimum atomic E-state index is -2.84. The molecular formula is C34H29ClF5N7O2S. The third-order valence-electron chi connectivity index (χ3n) is 10.3. The van der Waals surface area contributed by atoms with E-state index in [1.54, 1.807) is 4.90 Å². The molecule has 0 radical (unpaired) electrons. The van der Waals surface area contributed by atoms with Gasteiger partial charge in [-0.25, -0.2) is 22.0 Å². The van der Waals surface area contributed by atoms with Crippen LogP contribution in [-0.2, 0) is 4.74 Å². The second-order valence-electron chi connectivity index (χ2n) is 13.3. The summed E-state index contributed by atoms with van der Waals surface area (Å²) >= 11 is 7.82. The first-order valence-corrected chi connectivity index (χ1v) is 17.3. The van der Waals surface area contributed by atoms with E-state index in [0.717, 1.165) is 23.8 Å². The number of alkyl halides is 3. The van der Waals surface area contributed by atoms with E-state index in [-0.39, 0.29) is 104 Å². The fraction of sp³-hybridized carbons (Fsp3) is 0.441. The molecule has 2 saturated heterocycles. The van der Waals surface area contributed by atoms with E-state index in [4.69, 9.17) is 26.8 Å². The molecule has 2 N–H and O–H groups in total. The van der Waals surface area contributed by atoms with Crippen molar-refractivity contribution in [3.05, 3.63) is 57.1 Å². The van der Waals surface area contributed by atoms with Crippen LogP contribution in [0.15, 0.2) is 29.3 Å². The Morgan fingerprint density at radius 2 is 2.08 bits per heavy atom. The average molecular weight is 730 g/mol. The van der Waals surface area contributed by atoms with Gasteiger partial charge in [0.25, 0.3) is 6.43 Å². The van der Waals surface area contributed by atoms with Crippen LogP contribution in [0.4, 0.5) is 27.0 Å². The van der Waals surface area contributed by atoms with Gasteiger partial charge in [-0.3, -0.25) is 9.89 Å². The smallest absolute Gasteiger partial charge is 0.302 e. The minimum Gasteiger partial charge on any atom is -0.462 e. The Hall–Kier alpha value is -4.31. The molecule has 2 unspecified atom stereocenters. The first kappa shape index (κ1) is 32.9. The summed E-state index contributed by atoms with van der Waals surface area (Å²) in [6.07, 6.45) is -0.315. The van der Waals surface area contributed by atoms with Gasteiger partial charge in [-0.1, -0.05) is 17.7 Å². The number of thiophene rings is 1. The average Bonchev–Trinajstić information content (AvgIpc) is 3.48. The molecule has 2 aromatic carbocycles. The van der Waals surface area contributed by atoms with Gasteiger partial charge in [0.15, 0.2) is 11.6 Å². The molecule has 5 aliphatic rings. The largest absolute Gasteiger partial charge is 0.462 e. The van der Waals surface area contributed by atoms with Gasteiger partial charge in [0.05, 0.1) is 56.1 Å². The van der Waals surface area contributed by atoms with Crippen LogP contribution < -0.4 is 21.0 Å². The number of hydrogen-bond donors (Lipinski definition) is 1. The van der Waals surface area contributed by atoms with E-state index >= 15 is 8.78 Å². The second-order valence-corrected chi connectivity index (χ2v) is 14.8. The number of hydrogen-bond acceptors (Lipinski definition) is 10. The number of halogens is 6. The molecule has 3 aromatic rings. The van der Waals surface area contributed by atoms with Gasteiger partial charge in [0.2, 0.25) is 0 Å². The van der Waals surface area contributed by atoms with Crippen LogP contribution in [0.5, 0.6) is 5.75 Å². The topological polar surface area (TPSA) is 114 Å². The van der Waals surface area contributed by atoms with Gasteiger partial charge in [-0.05, 0) is 43.4 Å². The standard InChI is InChI=1S/C34H29ClF5N7O2S/c35-27-25(19-2-3-21(37)31-24(19)20(9-42)32(43)50-31)28(40)30-26-29(27)44-15-46(10-17-6-16(17)8-41)33(26)45(12-22(38)39)13-23(49-30)48-14-34-4-1-5-47(34)11-18(36)7-34/h2-3,13,16-18,22H,1,4-7,10-12,14-15,43H2/t16?,17?,18-,34+/m1/s1. The van der Waals surface area contributed by atoms with Gasteiger partial charge in [0.1, 0.15) is 42.2 Å². The van der Waals surface area contributed by atoms with Gasteiger partial charge in [0, 0.05) is 30.5 Å². The Morgan fingerprint density at radius 1 is 1.26 bits per heavy atom. The van der Waals surface area contributed by atoms with E-state index < -0.39 is 42.1 Å². The zero-order valence-electron chi connectivity index (χ0n) is 26.4. The molecule has 3 fully saturated rings. The molecule has 4 atom stereocenters. The number of anilines is 1. The third-order valence-corrected chi connectivity index (χ3v) is 11.7. The van der Waals surface area contributed by atoms with Crippen molar-refractivity contribution in [1.82, 2.24) is 14.7 Å². The molecule has 4 aliphatic heterocycles. The van der Waals surface area contributed by atoms with Crippen LogP contribution in [0.2, 0.25) is 5.02 Å². The van der Waals surface area contributed by atoms with Crippen molar-refractivity contribution < 1.29 is 31.4 Å². The van der Waals surface area contributed by atoms with Crippen LogP contribution in [0, 0.1) is 46.1 Å². The lowest BCUT2D eigenvalue weighted by Gasteiger charge is -2.34. The van der Waals surface area contributed by atoms with E-state index in [1.165, 1.54) is 17.2 Å². The summed E-state index contributed by atoms with van der Waals surface area (Å²) in [4.78, 5) is 9.60. The molecule has 1 aromatic heterocycles. The number of nitrogen functional groups attached to an aromatic ring is 1. The zero-order valence-corrected chi connectivity index (χ0v) is 27.9. The van der Waals surface area contributed by atoms with E-state index in [1.807, 2.05) is 11.0 Å². The Balaban J connectivity index is 1.33. The summed E-state index contributed by atoms with van der Waals surface area (Å²) < 4.78 is 87.9. The molecule has 1 saturated carbocycles. The molecule has 8 rings (SSSR count). The molecule has 50 heavy (non-hydrogen) atoms. The summed E-state index contributed by atoms with van der Waals surface area (Å²) in [7, 11) is 0. The molecular weight excluding hydrogens is 701 g/mol. The Morgan fingerprint density at radius 3 is 2.82 bits per heavy atom. The molecule has 0 amide bonds. The predicted molar refractivity (Wildman–Crippen MR) is 175 cm³/mol. The lowest BCUT2D eigenvalue weighted by molar-refractivity contribution is 0.0245. The van der Waals surface area contributed by atoms with Crippen molar-refractivity contribution in [2.24, 2.45) is 16.8 Å². The maximum absolute atomic E-state index is 17.3. The van der Waals surface area contributed by atoms with Crippen LogP contribution in [0.25, 0.3) is 27.0 Å². The number of ether oxygens (including phenoxy) is 2. The lowest BCUT2D eigenvalue weighted by Crippen LogP contribution is -2.48. The summed E-state index contributed by atoms with van der Waals surface area (Å²) in [5, 5.41) is 19.3. The third kappa shape index (κ3) is 5.20. The first-order chi connectivity index (χ1) is 24.0. The number of benzene rings is 2. The molecule has 0 bridgehead atoms. The Labute approximate surface area is 291 Å². The Bertz CT molecular complexity index is 2180. The SMILES string of the molecule is N#Cc1c(N)sc2c(F)ccc(-c3c(F)c4c5c(c3Cl)=NCN(CC3CC3C#N)C=5N(CC(F)F)C=C(OC[C@@]35CCCN3C[C@H](F)C5)O4)c12. The molecule has 9 nitrogen and oxygen atoms in total. The molecule has 5 heterocycles. The number of nitrogens with two attached hydrogens (primary N) is 1. The maximum Gasteiger partial charge on any atom is 0.302 e. The summed E-state index contributed by atoms with van der Waals surface area (Å²) in [5.74, 6) is -2.54. The van der Waals surface area contributed by atoms with Crippen molar-refractivity contribution in [2.75, 3.05) is 45.2 Å². The summed E-state index contributed by atoms with van der Waals surface area (Å²) in [6.45, 7) is 0.305. The summed E-state index contributed by atoms with van der Waals surface area (Å²) in [6, 6.07) is 6.61.